The molecule has 0 aromatic rings. The van der Waals surface area contributed by atoms with Crippen molar-refractivity contribution in [2.24, 2.45) is 10.9 Å². The Labute approximate surface area is 64.1 Å². The van der Waals surface area contributed by atoms with E-state index in [-0.39, 0.29) is 0 Å². The minimum Gasteiger partial charge on any atom is -0.325 e. The number of nitrogens with zero attached hydrogens (tertiary/aromatic N) is 1. The maximum atomic E-state index is 7.15. The van der Waals surface area contributed by atoms with Crippen LogP contribution >= 0.6 is 11.8 Å². The average molecular weight is 158 g/mol. The highest BCUT2D eigenvalue weighted by Crippen LogP contribution is 1.97. The molecule has 0 amide bonds. The van der Waals surface area contributed by atoms with Crippen molar-refractivity contribution in [1.82, 2.24) is 5.32 Å². The molecule has 0 spiro atoms. The number of hydrogen-bond acceptors (Lipinski definition) is 4. The minimum absolute atomic E-state index is 0.314. The number of hydrogen-bond donors (Lipinski definition) is 3. The fourth-order valence-corrected chi connectivity index (χ4v) is 0.700. The van der Waals surface area contributed by atoms with Crippen LogP contribution in [0.4, 0.5) is 0 Å². The first-order chi connectivity index (χ1) is 4.81. The van der Waals surface area contributed by atoms with Gasteiger partial charge in [0.1, 0.15) is 6.34 Å². The molecule has 10 heavy (non-hydrogen) atoms. The first kappa shape index (κ1) is 9.03. The Bertz CT molecular complexity index is 143. The molecule has 56 valence electrons. The van der Waals surface area contributed by atoms with Crippen LogP contribution in [-0.2, 0) is 0 Å². The molecule has 0 atom stereocenters. The molecular formula is C5H10N4S. The topological polar surface area (TPSA) is 74.3 Å². The lowest BCUT2D eigenvalue weighted by Gasteiger charge is -1.97. The lowest BCUT2D eigenvalue weighted by Crippen LogP contribution is -2.17. The molecule has 0 saturated carbocycles. The van der Waals surface area contributed by atoms with Gasteiger partial charge in [0, 0.05) is 5.75 Å². The lowest BCUT2D eigenvalue weighted by atomic mass is 10.8. The van der Waals surface area contributed by atoms with Gasteiger partial charge in [-0.2, -0.15) is 5.10 Å². The van der Waals surface area contributed by atoms with Crippen LogP contribution in [0.5, 0.6) is 0 Å². The third-order valence-corrected chi connectivity index (χ3v) is 1.42. The summed E-state index contributed by atoms with van der Waals surface area (Å²) in [7, 11) is 0. The summed E-state index contributed by atoms with van der Waals surface area (Å²) < 4.78 is 0. The Balaban J connectivity index is 3.34. The van der Waals surface area contributed by atoms with Gasteiger partial charge in [-0.3, -0.25) is 5.41 Å². The van der Waals surface area contributed by atoms with Gasteiger partial charge in [-0.15, -0.1) is 6.58 Å². The monoisotopic (exact) mass is 158 g/mol. The van der Waals surface area contributed by atoms with Gasteiger partial charge >= 0.3 is 0 Å². The Hall–Kier alpha value is -0.970. The predicted octanol–water partition coefficient (Wildman–Crippen LogP) is 0.332. The van der Waals surface area contributed by atoms with Gasteiger partial charge in [0.2, 0.25) is 0 Å². The first-order valence-electron chi connectivity index (χ1n) is 2.61. The van der Waals surface area contributed by atoms with Crippen LogP contribution in [0.15, 0.2) is 17.8 Å². The molecule has 0 saturated heterocycles. The summed E-state index contributed by atoms with van der Waals surface area (Å²) in [4.78, 5) is 0. The SMILES string of the molecule is C=CCSC(=N)NC=NN. The summed E-state index contributed by atoms with van der Waals surface area (Å²) in [5, 5.41) is 13.2. The molecular weight excluding hydrogens is 148 g/mol. The fraction of sp³-hybridized carbons (Fsp3) is 0.200. The van der Waals surface area contributed by atoms with Crippen LogP contribution in [0, 0.1) is 5.41 Å². The molecule has 0 rings (SSSR count). The highest BCUT2D eigenvalue weighted by molar-refractivity contribution is 8.13. The number of nitrogens with two attached hydrogens (primary N) is 1. The van der Waals surface area contributed by atoms with Gasteiger partial charge in [-0.1, -0.05) is 17.8 Å². The molecule has 0 aromatic heterocycles. The quantitative estimate of drug-likeness (QED) is 0.182. The van der Waals surface area contributed by atoms with E-state index in [0.29, 0.717) is 10.9 Å². The highest BCUT2D eigenvalue weighted by atomic mass is 32.2. The number of nitrogens with one attached hydrogen (secondary N) is 2. The second-order valence-corrected chi connectivity index (χ2v) is 2.38. The molecule has 4 N–H and O–H groups in total. The van der Waals surface area contributed by atoms with Crippen molar-refractivity contribution in [3.05, 3.63) is 12.7 Å². The van der Waals surface area contributed by atoms with Crippen LogP contribution in [0.2, 0.25) is 0 Å². The standard InChI is InChI=1S/C5H10N4S/c1-2-3-10-5(6)8-4-9-7/h2,4H,1,3,7H2,(H2,6,8,9). The van der Waals surface area contributed by atoms with E-state index in [9.17, 15) is 0 Å². The van der Waals surface area contributed by atoms with E-state index in [2.05, 4.69) is 17.0 Å². The Morgan fingerprint density at radius 2 is 2.60 bits per heavy atom. The molecule has 0 aliphatic heterocycles. The third kappa shape index (κ3) is 5.17. The Morgan fingerprint density at radius 3 is 3.10 bits per heavy atom. The second-order valence-electron chi connectivity index (χ2n) is 1.35. The van der Waals surface area contributed by atoms with Gasteiger partial charge < -0.3 is 11.2 Å². The van der Waals surface area contributed by atoms with Crippen molar-refractivity contribution in [3.63, 3.8) is 0 Å². The molecule has 0 bridgehead atoms. The maximum absolute atomic E-state index is 7.15. The van der Waals surface area contributed by atoms with Crippen molar-refractivity contribution >= 4 is 23.3 Å². The summed E-state index contributed by atoms with van der Waals surface area (Å²) in [6.07, 6.45) is 2.99. The number of amidine groups is 1. The zero-order chi connectivity index (χ0) is 7.82. The summed E-state index contributed by atoms with van der Waals surface area (Å²) in [5.41, 5.74) is 0. The second kappa shape index (κ2) is 6.15. The van der Waals surface area contributed by atoms with Gasteiger partial charge in [-0.05, 0) is 0 Å². The zero-order valence-electron chi connectivity index (χ0n) is 5.50. The number of hydrazone groups is 1. The van der Waals surface area contributed by atoms with Crippen molar-refractivity contribution in [3.8, 4) is 0 Å². The normalized spacial score (nSPS) is 9.60. The molecule has 0 fully saturated rings. The molecule has 0 aliphatic carbocycles. The molecule has 0 heterocycles. The molecule has 4 nitrogen and oxygen atoms in total. The van der Waals surface area contributed by atoms with E-state index >= 15 is 0 Å². The molecule has 0 aromatic carbocycles. The zero-order valence-corrected chi connectivity index (χ0v) is 6.32. The van der Waals surface area contributed by atoms with Crippen molar-refractivity contribution < 1.29 is 0 Å². The lowest BCUT2D eigenvalue weighted by molar-refractivity contribution is 1.22. The van der Waals surface area contributed by atoms with Crippen LogP contribution < -0.4 is 11.2 Å². The van der Waals surface area contributed by atoms with E-state index in [1.165, 1.54) is 18.1 Å². The van der Waals surface area contributed by atoms with Crippen molar-refractivity contribution in [2.75, 3.05) is 5.75 Å². The molecule has 0 unspecified atom stereocenters. The van der Waals surface area contributed by atoms with Gasteiger partial charge in [0.25, 0.3) is 0 Å². The predicted molar refractivity (Wildman–Crippen MR) is 46.2 cm³/mol. The first-order valence-corrected chi connectivity index (χ1v) is 3.60. The van der Waals surface area contributed by atoms with Crippen LogP contribution in [0.1, 0.15) is 0 Å². The summed E-state index contributed by atoms with van der Waals surface area (Å²) >= 11 is 1.32. The smallest absolute Gasteiger partial charge is 0.159 e. The molecule has 0 radical (unpaired) electrons. The van der Waals surface area contributed by atoms with Gasteiger partial charge in [0.15, 0.2) is 5.17 Å². The number of thioether (sulfide) groups is 1. The summed E-state index contributed by atoms with van der Waals surface area (Å²) in [5.74, 6) is 5.50. The van der Waals surface area contributed by atoms with Crippen LogP contribution in [-0.4, -0.2) is 17.3 Å². The maximum Gasteiger partial charge on any atom is 0.159 e. The summed E-state index contributed by atoms with van der Waals surface area (Å²) in [6.45, 7) is 3.51. The van der Waals surface area contributed by atoms with E-state index in [1.807, 2.05) is 0 Å². The summed E-state index contributed by atoms with van der Waals surface area (Å²) in [6, 6.07) is 0. The van der Waals surface area contributed by atoms with Crippen LogP contribution in [0.25, 0.3) is 0 Å². The largest absolute Gasteiger partial charge is 0.325 e. The number of rotatable bonds is 3. The van der Waals surface area contributed by atoms with E-state index in [1.54, 1.807) is 6.08 Å². The fourth-order valence-electron chi connectivity index (χ4n) is 0.280. The highest BCUT2D eigenvalue weighted by Gasteiger charge is 1.89. The van der Waals surface area contributed by atoms with Crippen molar-refractivity contribution in [1.29, 1.82) is 5.41 Å². The average Bonchev–Trinajstić information content (AvgIpc) is 1.97. The van der Waals surface area contributed by atoms with Gasteiger partial charge in [0.05, 0.1) is 0 Å². The van der Waals surface area contributed by atoms with Gasteiger partial charge in [-0.25, -0.2) is 0 Å². The Kier molecular flexibility index (Phi) is 5.56. The molecule has 5 heteroatoms. The molecule has 0 aliphatic rings. The van der Waals surface area contributed by atoms with E-state index in [0.717, 1.165) is 0 Å². The Morgan fingerprint density at radius 1 is 1.90 bits per heavy atom. The van der Waals surface area contributed by atoms with E-state index in [4.69, 9.17) is 11.3 Å². The third-order valence-electron chi connectivity index (χ3n) is 0.616. The van der Waals surface area contributed by atoms with Crippen LogP contribution in [0.3, 0.4) is 0 Å². The van der Waals surface area contributed by atoms with Crippen molar-refractivity contribution in [2.45, 2.75) is 0 Å². The van der Waals surface area contributed by atoms with E-state index < -0.39 is 0 Å². The minimum atomic E-state index is 0.314.